The molecule has 0 saturated carbocycles. The minimum absolute atomic E-state index is 0.366. The Balaban J connectivity index is 2.07. The van der Waals surface area contributed by atoms with E-state index < -0.39 is 11.7 Å². The minimum atomic E-state index is -4.32. The lowest BCUT2D eigenvalue weighted by Crippen LogP contribution is -2.06. The van der Waals surface area contributed by atoms with Gasteiger partial charge in [-0.15, -0.1) is 0 Å². The van der Waals surface area contributed by atoms with Gasteiger partial charge in [0.2, 0.25) is 0 Å². The molecule has 1 N–H and O–H groups in total. The number of nitrogens with zero attached hydrogens (tertiary/aromatic N) is 1. The summed E-state index contributed by atoms with van der Waals surface area (Å²) in [6, 6.07) is 5.03. The summed E-state index contributed by atoms with van der Waals surface area (Å²) < 4.78 is 41.9. The maximum absolute atomic E-state index is 12.4. The van der Waals surface area contributed by atoms with Crippen LogP contribution in [0.25, 0.3) is 0 Å². The summed E-state index contributed by atoms with van der Waals surface area (Å²) in [4.78, 5) is 0. The molecule has 0 bridgehead atoms. The van der Waals surface area contributed by atoms with Crippen LogP contribution in [0, 0.1) is 0 Å². The minimum Gasteiger partial charge on any atom is -0.381 e. The van der Waals surface area contributed by atoms with Gasteiger partial charge in [-0.2, -0.15) is 13.2 Å². The number of nitrogens with one attached hydrogen (secondary N) is 1. The molecule has 0 spiro atoms. The van der Waals surface area contributed by atoms with Crippen molar-refractivity contribution in [2.75, 3.05) is 5.32 Å². The van der Waals surface area contributed by atoms with E-state index in [4.69, 9.17) is 0 Å². The molecule has 90 valence electrons. The van der Waals surface area contributed by atoms with Gasteiger partial charge in [0.1, 0.15) is 6.26 Å². The van der Waals surface area contributed by atoms with Crippen LogP contribution in [-0.4, -0.2) is 5.16 Å². The highest BCUT2D eigenvalue weighted by atomic mass is 19.4. The molecule has 1 heterocycles. The Labute approximate surface area is 95.2 Å². The summed E-state index contributed by atoms with van der Waals surface area (Å²) in [5, 5.41) is 6.36. The quantitative estimate of drug-likeness (QED) is 0.897. The van der Waals surface area contributed by atoms with Crippen molar-refractivity contribution in [3.05, 3.63) is 47.9 Å². The standard InChI is InChI=1S/C11H9F3N2O/c12-11(13,14)9-2-1-3-10(4-9)15-5-8-6-16-17-7-8/h1-4,6-7,15H,5H2. The molecule has 0 atom stereocenters. The third-order valence-corrected chi connectivity index (χ3v) is 2.17. The molecule has 2 aromatic rings. The van der Waals surface area contributed by atoms with E-state index in [9.17, 15) is 13.2 Å². The monoisotopic (exact) mass is 242 g/mol. The van der Waals surface area contributed by atoms with Gasteiger partial charge in [-0.25, -0.2) is 0 Å². The molecule has 0 saturated heterocycles. The van der Waals surface area contributed by atoms with Crippen molar-refractivity contribution in [2.24, 2.45) is 0 Å². The first-order valence-electron chi connectivity index (χ1n) is 4.85. The van der Waals surface area contributed by atoms with Crippen LogP contribution in [0.3, 0.4) is 0 Å². The van der Waals surface area contributed by atoms with E-state index in [0.717, 1.165) is 17.7 Å². The summed E-state index contributed by atoms with van der Waals surface area (Å²) >= 11 is 0. The van der Waals surface area contributed by atoms with Gasteiger partial charge in [0, 0.05) is 17.8 Å². The average Bonchev–Trinajstić information content (AvgIpc) is 2.78. The summed E-state index contributed by atoms with van der Waals surface area (Å²) in [6.45, 7) is 0.366. The smallest absolute Gasteiger partial charge is 0.381 e. The molecule has 1 aromatic heterocycles. The molecule has 6 heteroatoms. The second kappa shape index (κ2) is 4.48. The molecule has 3 nitrogen and oxygen atoms in total. The number of benzene rings is 1. The average molecular weight is 242 g/mol. The highest BCUT2D eigenvalue weighted by molar-refractivity contribution is 5.46. The zero-order valence-corrected chi connectivity index (χ0v) is 8.66. The van der Waals surface area contributed by atoms with Gasteiger partial charge in [-0.3, -0.25) is 0 Å². The lowest BCUT2D eigenvalue weighted by Gasteiger charge is -2.09. The maximum Gasteiger partial charge on any atom is 0.416 e. The molecule has 1 aromatic carbocycles. The number of anilines is 1. The van der Waals surface area contributed by atoms with Crippen molar-refractivity contribution in [1.82, 2.24) is 5.16 Å². The fourth-order valence-electron chi connectivity index (χ4n) is 1.32. The van der Waals surface area contributed by atoms with Crippen molar-refractivity contribution in [3.8, 4) is 0 Å². The Hall–Kier alpha value is -1.98. The van der Waals surface area contributed by atoms with Crippen molar-refractivity contribution in [1.29, 1.82) is 0 Å². The van der Waals surface area contributed by atoms with E-state index in [1.165, 1.54) is 18.5 Å². The van der Waals surface area contributed by atoms with Crippen LogP contribution >= 0.6 is 0 Å². The summed E-state index contributed by atoms with van der Waals surface area (Å²) in [5.74, 6) is 0. The molecule has 0 aliphatic heterocycles. The highest BCUT2D eigenvalue weighted by Crippen LogP contribution is 2.30. The van der Waals surface area contributed by atoms with Crippen LogP contribution < -0.4 is 5.32 Å². The number of aromatic nitrogens is 1. The molecule has 0 radical (unpaired) electrons. The molecule has 0 aliphatic rings. The Bertz CT molecular complexity index is 480. The van der Waals surface area contributed by atoms with E-state index >= 15 is 0 Å². The molecular weight excluding hydrogens is 233 g/mol. The number of halogens is 3. The molecule has 0 unspecified atom stereocenters. The van der Waals surface area contributed by atoms with Crippen LogP contribution in [0.4, 0.5) is 18.9 Å². The van der Waals surface area contributed by atoms with Gasteiger partial charge in [0.05, 0.1) is 11.8 Å². The number of rotatable bonds is 3. The van der Waals surface area contributed by atoms with Crippen molar-refractivity contribution in [3.63, 3.8) is 0 Å². The van der Waals surface area contributed by atoms with Crippen molar-refractivity contribution in [2.45, 2.75) is 12.7 Å². The summed E-state index contributed by atoms with van der Waals surface area (Å²) in [6.07, 6.45) is -1.39. The molecule has 0 amide bonds. The van der Waals surface area contributed by atoms with Gasteiger partial charge in [-0.05, 0) is 18.2 Å². The van der Waals surface area contributed by atoms with Gasteiger partial charge in [-0.1, -0.05) is 11.2 Å². The predicted octanol–water partition coefficient (Wildman–Crippen LogP) is 3.31. The predicted molar refractivity (Wildman–Crippen MR) is 55.3 cm³/mol. The Kier molecular flexibility index (Phi) is 3.03. The SMILES string of the molecule is FC(F)(F)c1cccc(NCc2cnoc2)c1. The van der Waals surface area contributed by atoms with E-state index in [1.54, 1.807) is 6.07 Å². The van der Waals surface area contributed by atoms with Crippen LogP contribution in [0.2, 0.25) is 0 Å². The molecule has 2 rings (SSSR count). The van der Waals surface area contributed by atoms with E-state index in [1.807, 2.05) is 0 Å². The first-order valence-corrected chi connectivity index (χ1v) is 4.85. The fourth-order valence-corrected chi connectivity index (χ4v) is 1.32. The van der Waals surface area contributed by atoms with E-state index in [0.29, 0.717) is 12.2 Å². The first-order chi connectivity index (χ1) is 8.05. The number of hydrogen-bond donors (Lipinski definition) is 1. The number of alkyl halides is 3. The van der Waals surface area contributed by atoms with Crippen molar-refractivity contribution >= 4 is 5.69 Å². The second-order valence-electron chi connectivity index (χ2n) is 3.46. The molecule has 0 fully saturated rings. The lowest BCUT2D eigenvalue weighted by molar-refractivity contribution is -0.137. The zero-order chi connectivity index (χ0) is 12.3. The summed E-state index contributed by atoms with van der Waals surface area (Å²) in [7, 11) is 0. The number of hydrogen-bond acceptors (Lipinski definition) is 3. The van der Waals surface area contributed by atoms with E-state index in [-0.39, 0.29) is 0 Å². The molecule has 17 heavy (non-hydrogen) atoms. The van der Waals surface area contributed by atoms with Crippen LogP contribution in [0.15, 0.2) is 41.2 Å². The van der Waals surface area contributed by atoms with E-state index in [2.05, 4.69) is 15.0 Å². The largest absolute Gasteiger partial charge is 0.416 e. The van der Waals surface area contributed by atoms with Gasteiger partial charge < -0.3 is 9.84 Å². The third kappa shape index (κ3) is 2.99. The van der Waals surface area contributed by atoms with Crippen LogP contribution in [-0.2, 0) is 12.7 Å². The Morgan fingerprint density at radius 3 is 2.76 bits per heavy atom. The second-order valence-corrected chi connectivity index (χ2v) is 3.46. The third-order valence-electron chi connectivity index (χ3n) is 2.17. The molecular formula is C11H9F3N2O. The topological polar surface area (TPSA) is 38.1 Å². The normalized spacial score (nSPS) is 11.5. The zero-order valence-electron chi connectivity index (χ0n) is 8.66. The lowest BCUT2D eigenvalue weighted by atomic mass is 10.2. The summed E-state index contributed by atoms with van der Waals surface area (Å²) in [5.41, 5.74) is 0.497. The highest BCUT2D eigenvalue weighted by Gasteiger charge is 2.30. The van der Waals surface area contributed by atoms with Gasteiger partial charge in [0.15, 0.2) is 0 Å². The Morgan fingerprint density at radius 1 is 1.29 bits per heavy atom. The molecule has 0 aliphatic carbocycles. The first kappa shape index (κ1) is 11.5. The van der Waals surface area contributed by atoms with Crippen LogP contribution in [0.5, 0.6) is 0 Å². The Morgan fingerprint density at radius 2 is 2.12 bits per heavy atom. The fraction of sp³-hybridized carbons (Fsp3) is 0.182. The van der Waals surface area contributed by atoms with Gasteiger partial charge in [0.25, 0.3) is 0 Å². The van der Waals surface area contributed by atoms with Crippen molar-refractivity contribution < 1.29 is 17.7 Å². The maximum atomic E-state index is 12.4. The van der Waals surface area contributed by atoms with Crippen LogP contribution in [0.1, 0.15) is 11.1 Å². The van der Waals surface area contributed by atoms with Gasteiger partial charge >= 0.3 is 6.18 Å².